The van der Waals surface area contributed by atoms with Crippen LogP contribution in [-0.4, -0.2) is 62.2 Å². The van der Waals surface area contributed by atoms with Crippen LogP contribution < -0.4 is 10.2 Å². The van der Waals surface area contributed by atoms with Gasteiger partial charge in [-0.05, 0) is 37.1 Å². The number of nitrogens with zero attached hydrogens (tertiary/aromatic N) is 2. The summed E-state index contributed by atoms with van der Waals surface area (Å²) < 4.78 is 1.26. The Morgan fingerprint density at radius 2 is 1.49 bits per heavy atom. The molecule has 0 aliphatic carbocycles. The Morgan fingerprint density at radius 1 is 0.867 bits per heavy atom. The fourth-order valence-corrected chi connectivity index (χ4v) is 6.70. The maximum absolute atomic E-state index is 13.6. The Bertz CT molecular complexity index is 1480. The molecular weight excluding hydrogens is 682 g/mol. The zero-order valence-corrected chi connectivity index (χ0v) is 28.1. The monoisotopic (exact) mass is 717 g/mol. The van der Waals surface area contributed by atoms with Crippen LogP contribution in [0.5, 0.6) is 0 Å². The molecule has 0 spiro atoms. The molecule has 4 rings (SSSR count). The number of rotatable bonds is 14. The number of carboxylic acids is 2. The lowest BCUT2D eigenvalue weighted by Gasteiger charge is -2.17. The van der Waals surface area contributed by atoms with Gasteiger partial charge in [0.2, 0.25) is 5.91 Å². The molecule has 0 aromatic heterocycles. The van der Waals surface area contributed by atoms with E-state index in [-0.39, 0.29) is 30.7 Å². The van der Waals surface area contributed by atoms with Gasteiger partial charge in [0.1, 0.15) is 10.9 Å². The Morgan fingerprint density at radius 3 is 2.13 bits per heavy atom. The van der Waals surface area contributed by atoms with E-state index in [1.54, 1.807) is 35.2 Å². The molecule has 2 aliphatic heterocycles. The molecule has 3 N–H and O–H groups in total. The van der Waals surface area contributed by atoms with E-state index in [0.717, 1.165) is 74.5 Å². The van der Waals surface area contributed by atoms with Gasteiger partial charge in [0.15, 0.2) is 0 Å². The van der Waals surface area contributed by atoms with E-state index in [4.69, 9.17) is 27.2 Å². The van der Waals surface area contributed by atoms with E-state index in [1.165, 1.54) is 4.90 Å². The molecule has 240 valence electrons. The number of hydrogen-bond donors (Lipinski definition) is 3. The van der Waals surface area contributed by atoms with Crippen molar-refractivity contribution in [1.29, 1.82) is 0 Å². The molecule has 2 heterocycles. The van der Waals surface area contributed by atoms with Gasteiger partial charge in [-0.25, -0.2) is 0 Å². The molecule has 0 radical (unpaired) electrons. The zero-order valence-electron chi connectivity index (χ0n) is 24.9. The summed E-state index contributed by atoms with van der Waals surface area (Å²) >= 11 is 10.1. The Labute approximate surface area is 280 Å². The van der Waals surface area contributed by atoms with Crippen molar-refractivity contribution in [3.05, 3.63) is 63.5 Å². The summed E-state index contributed by atoms with van der Waals surface area (Å²) in [6.07, 6.45) is 7.89. The summed E-state index contributed by atoms with van der Waals surface area (Å²) in [7, 11) is 0. The van der Waals surface area contributed by atoms with Crippen LogP contribution >= 0.6 is 39.9 Å². The number of benzene rings is 2. The lowest BCUT2D eigenvalue weighted by molar-refractivity contribution is -0.137. The first-order chi connectivity index (χ1) is 21.5. The summed E-state index contributed by atoms with van der Waals surface area (Å²) in [5, 5.41) is 18.9. The Balaban J connectivity index is 0.00000130. The average molecular weight is 719 g/mol. The second kappa shape index (κ2) is 17.8. The van der Waals surface area contributed by atoms with Crippen LogP contribution in [0.4, 0.5) is 11.4 Å². The predicted molar refractivity (Wildman–Crippen MR) is 183 cm³/mol. The number of fused-ring (bicyclic) bond motifs is 1. The van der Waals surface area contributed by atoms with Gasteiger partial charge in [0, 0.05) is 35.6 Å². The molecule has 0 unspecified atom stereocenters. The van der Waals surface area contributed by atoms with Gasteiger partial charge in [0.25, 0.3) is 17.8 Å². The number of anilines is 2. The summed E-state index contributed by atoms with van der Waals surface area (Å²) in [6.45, 7) is 1.39. The van der Waals surface area contributed by atoms with E-state index in [0.29, 0.717) is 38.3 Å². The minimum absolute atomic E-state index is 0.189. The molecule has 0 atom stereocenters. The number of hydrogen-bond acceptors (Lipinski definition) is 7. The normalized spacial score (nSPS) is 15.6. The smallest absolute Gasteiger partial charge is 0.303 e. The van der Waals surface area contributed by atoms with Gasteiger partial charge >= 0.3 is 5.97 Å². The fourth-order valence-electron chi connectivity index (χ4n) is 4.92. The number of carboxylic acid groups (broad SMARTS) is 2. The van der Waals surface area contributed by atoms with E-state index >= 15 is 0 Å². The highest BCUT2D eigenvalue weighted by molar-refractivity contribution is 9.10. The molecular formula is C32H36BrN3O7S2. The van der Waals surface area contributed by atoms with Crippen molar-refractivity contribution in [1.82, 2.24) is 4.90 Å². The van der Waals surface area contributed by atoms with Crippen molar-refractivity contribution in [3.63, 3.8) is 0 Å². The third-order valence-electron chi connectivity index (χ3n) is 6.93. The molecule has 3 amide bonds. The summed E-state index contributed by atoms with van der Waals surface area (Å²) in [5.74, 6) is -2.58. The van der Waals surface area contributed by atoms with Crippen LogP contribution in [0.25, 0.3) is 5.57 Å². The highest BCUT2D eigenvalue weighted by Gasteiger charge is 2.42. The molecule has 0 saturated carbocycles. The van der Waals surface area contributed by atoms with Crippen LogP contribution in [0.3, 0.4) is 0 Å². The van der Waals surface area contributed by atoms with Crippen molar-refractivity contribution in [3.8, 4) is 0 Å². The summed E-state index contributed by atoms with van der Waals surface area (Å²) in [4.78, 5) is 62.8. The van der Waals surface area contributed by atoms with Crippen LogP contribution in [0.1, 0.15) is 70.3 Å². The largest absolute Gasteiger partial charge is 0.481 e. The highest BCUT2D eigenvalue weighted by atomic mass is 79.9. The molecule has 13 heteroatoms. The van der Waals surface area contributed by atoms with Gasteiger partial charge in [-0.3, -0.25) is 33.8 Å². The van der Waals surface area contributed by atoms with E-state index in [1.807, 2.05) is 18.2 Å². The van der Waals surface area contributed by atoms with Gasteiger partial charge in [0.05, 0.1) is 16.2 Å². The lowest BCUT2D eigenvalue weighted by atomic mass is 10.1. The molecule has 2 aliphatic rings. The van der Waals surface area contributed by atoms with E-state index in [9.17, 15) is 19.2 Å². The first kappa shape index (κ1) is 35.9. The van der Waals surface area contributed by atoms with Crippen molar-refractivity contribution in [2.45, 2.75) is 64.7 Å². The molecule has 2 aromatic rings. The number of carbonyl (C=O) groups excluding carboxylic acids is 3. The maximum Gasteiger partial charge on any atom is 0.303 e. The van der Waals surface area contributed by atoms with Crippen molar-refractivity contribution in [2.24, 2.45) is 0 Å². The van der Waals surface area contributed by atoms with Crippen LogP contribution in [0.2, 0.25) is 0 Å². The highest BCUT2D eigenvalue weighted by Crippen LogP contribution is 2.44. The lowest BCUT2D eigenvalue weighted by Crippen LogP contribution is -2.35. The average Bonchev–Trinajstić information content (AvgIpc) is 3.40. The van der Waals surface area contributed by atoms with Crippen molar-refractivity contribution < 1.29 is 34.2 Å². The van der Waals surface area contributed by atoms with Gasteiger partial charge in [-0.1, -0.05) is 103 Å². The van der Waals surface area contributed by atoms with E-state index < -0.39 is 11.9 Å². The van der Waals surface area contributed by atoms with E-state index in [2.05, 4.69) is 21.2 Å². The molecule has 0 bridgehead atoms. The van der Waals surface area contributed by atoms with Gasteiger partial charge in [-0.15, -0.1) is 0 Å². The summed E-state index contributed by atoms with van der Waals surface area (Å²) in [5.41, 5.74) is 2.11. The number of aliphatic carboxylic acids is 2. The third-order valence-corrected chi connectivity index (χ3v) is 8.87. The molecule has 10 nitrogen and oxygen atoms in total. The first-order valence-corrected chi connectivity index (χ1v) is 16.7. The molecule has 1 fully saturated rings. The molecule has 45 heavy (non-hydrogen) atoms. The van der Waals surface area contributed by atoms with Crippen molar-refractivity contribution in [2.75, 3.05) is 23.3 Å². The van der Waals surface area contributed by atoms with Crippen LogP contribution in [0, 0.1) is 0 Å². The number of thioether (sulfide) groups is 1. The number of halogens is 1. The number of thiocarbonyl (C=S) groups is 1. The summed E-state index contributed by atoms with van der Waals surface area (Å²) in [6, 6.07) is 14.4. The number of amides is 3. The van der Waals surface area contributed by atoms with Crippen LogP contribution in [0.15, 0.2) is 57.9 Å². The SMILES string of the molecule is CC(=O)O.O=C(O)CCCCCCCCCCN1C(=O)/C(=C2/C(=O)N(CC(=O)Nc3cccc(Br)c3)c3ccccc32)SC1=S. The van der Waals surface area contributed by atoms with Crippen LogP contribution in [-0.2, 0) is 24.0 Å². The van der Waals surface area contributed by atoms with Crippen molar-refractivity contribution >= 4 is 90.8 Å². The zero-order chi connectivity index (χ0) is 32.9. The van der Waals surface area contributed by atoms with Gasteiger partial charge in [-0.2, -0.15) is 0 Å². The Hall–Kier alpha value is -3.55. The topological polar surface area (TPSA) is 144 Å². The number of carbonyl (C=O) groups is 5. The standard InChI is InChI=1S/C30H32BrN3O5S2.C2H4O2/c31-20-12-11-13-21(18-20)32-24(35)19-34-23-15-9-8-14-22(23)26(28(34)38)27-29(39)33(30(40)41-27)17-10-6-4-2-1-3-5-7-16-25(36)37;1-2(3)4/h8-9,11-15,18H,1-7,10,16-17,19H2,(H,32,35)(H,36,37);1H3,(H,3,4)/b27-26-;. The minimum Gasteiger partial charge on any atom is -0.481 e. The Kier molecular flexibility index (Phi) is 14.2. The quantitative estimate of drug-likeness (QED) is 0.111. The number of nitrogens with one attached hydrogen (secondary N) is 1. The minimum atomic E-state index is -0.833. The second-order valence-electron chi connectivity index (χ2n) is 10.5. The first-order valence-electron chi connectivity index (χ1n) is 14.7. The second-order valence-corrected chi connectivity index (χ2v) is 13.0. The fraction of sp³-hybridized carbons (Fsp3) is 0.375. The third kappa shape index (κ3) is 10.8. The maximum atomic E-state index is 13.6. The van der Waals surface area contributed by atoms with Gasteiger partial charge < -0.3 is 15.5 Å². The number of unbranched alkanes of at least 4 members (excludes halogenated alkanes) is 7. The predicted octanol–water partition coefficient (Wildman–Crippen LogP) is 6.69. The molecule has 1 saturated heterocycles. The molecule has 2 aromatic carbocycles. The number of para-hydroxylation sites is 1.